The second kappa shape index (κ2) is 13.4. The number of amides is 3. The number of anilines is 1. The van der Waals surface area contributed by atoms with Crippen molar-refractivity contribution in [3.05, 3.63) is 64.4 Å². The normalized spacial score (nSPS) is 13.2. The molecule has 0 radical (unpaired) electrons. The van der Waals surface area contributed by atoms with E-state index in [1.54, 1.807) is 32.8 Å². The van der Waals surface area contributed by atoms with Gasteiger partial charge in [0.05, 0.1) is 18.8 Å². The lowest BCUT2D eigenvalue weighted by Gasteiger charge is -2.32. The maximum absolute atomic E-state index is 14.8. The Labute approximate surface area is 240 Å². The van der Waals surface area contributed by atoms with Gasteiger partial charge in [0.1, 0.15) is 11.4 Å². The lowest BCUT2D eigenvalue weighted by atomic mass is 10.1. The maximum Gasteiger partial charge on any atom is 0.410 e. The fraction of sp³-hybridized carbons (Fsp3) is 0.483. The molecule has 3 amide bonds. The van der Waals surface area contributed by atoms with Crippen molar-refractivity contribution < 1.29 is 23.5 Å². The van der Waals surface area contributed by atoms with Crippen molar-refractivity contribution in [1.29, 1.82) is 0 Å². The Bertz CT molecular complexity index is 1190. The van der Waals surface area contributed by atoms with Gasteiger partial charge in [-0.25, -0.2) is 14.2 Å². The van der Waals surface area contributed by atoms with Crippen molar-refractivity contribution in [3.8, 4) is 0 Å². The third-order valence-electron chi connectivity index (χ3n) is 6.48. The molecule has 0 bridgehead atoms. The summed E-state index contributed by atoms with van der Waals surface area (Å²) in [5.41, 5.74) is 1.64. The van der Waals surface area contributed by atoms with Crippen LogP contribution in [0.1, 0.15) is 45.7 Å². The summed E-state index contributed by atoms with van der Waals surface area (Å²) in [6, 6.07) is 11.7. The van der Waals surface area contributed by atoms with Crippen molar-refractivity contribution in [3.63, 3.8) is 0 Å². The lowest BCUT2D eigenvalue weighted by Crippen LogP contribution is -2.49. The number of carbonyl (C=O) groups excluding carboxylic acids is 3. The van der Waals surface area contributed by atoms with Crippen LogP contribution in [0, 0.1) is 5.82 Å². The first kappa shape index (κ1) is 31.3. The van der Waals surface area contributed by atoms with E-state index in [1.807, 2.05) is 43.1 Å². The van der Waals surface area contributed by atoms with Crippen molar-refractivity contribution in [2.75, 3.05) is 38.1 Å². The van der Waals surface area contributed by atoms with Crippen LogP contribution < -0.4 is 10.2 Å². The average molecular weight is 576 g/mol. The first-order valence-corrected chi connectivity index (χ1v) is 13.7. The molecule has 0 atom stereocenters. The van der Waals surface area contributed by atoms with Crippen molar-refractivity contribution in [2.24, 2.45) is 0 Å². The van der Waals surface area contributed by atoms with E-state index in [-0.39, 0.29) is 48.8 Å². The molecule has 1 N–H and O–H groups in total. The molecule has 0 saturated carbocycles. The van der Waals surface area contributed by atoms with Crippen LogP contribution >= 0.6 is 11.6 Å². The Balaban J connectivity index is 1.65. The summed E-state index contributed by atoms with van der Waals surface area (Å²) >= 11 is 6.12. The third-order valence-corrected chi connectivity index (χ3v) is 6.71. The molecule has 3 rings (SSSR count). The number of rotatable bonds is 10. The number of fused-ring (bicyclic) bond motifs is 1. The summed E-state index contributed by atoms with van der Waals surface area (Å²) in [5, 5.41) is 6.63. The molecule has 11 heteroatoms. The molecule has 1 aliphatic heterocycles. The number of benzene rings is 2. The maximum atomic E-state index is 14.8. The van der Waals surface area contributed by atoms with Gasteiger partial charge in [0.15, 0.2) is 0 Å². The third kappa shape index (κ3) is 8.39. The molecule has 0 fully saturated rings. The Morgan fingerprint density at radius 2 is 1.62 bits per heavy atom. The topological polar surface area (TPSA) is 85.4 Å². The predicted octanol–water partition coefficient (Wildman–Crippen LogP) is 4.44. The van der Waals surface area contributed by atoms with Crippen LogP contribution in [-0.4, -0.2) is 77.7 Å². The van der Waals surface area contributed by atoms with Crippen molar-refractivity contribution >= 4 is 35.2 Å². The summed E-state index contributed by atoms with van der Waals surface area (Å²) in [5.74, 6) is -1.31. The van der Waals surface area contributed by atoms with Crippen LogP contribution in [0.4, 0.5) is 14.9 Å². The SMILES string of the molecule is CC(C)N(CCN(C(=O)CNCC(=O)N(C)N1Cc2ccccc2C1)c1cc(Cl)ccc1F)C(=O)OC(C)(C)C. The number of ether oxygens (including phenoxy) is 1. The number of halogens is 2. The monoisotopic (exact) mass is 575 g/mol. The fourth-order valence-corrected chi connectivity index (χ4v) is 4.50. The highest BCUT2D eigenvalue weighted by Crippen LogP contribution is 2.25. The summed E-state index contributed by atoms with van der Waals surface area (Å²) in [6.45, 7) is 10.0. The molecule has 0 saturated heterocycles. The molecular weight excluding hydrogens is 537 g/mol. The zero-order valence-corrected chi connectivity index (χ0v) is 24.8. The van der Waals surface area contributed by atoms with E-state index in [9.17, 15) is 18.8 Å². The van der Waals surface area contributed by atoms with Gasteiger partial charge in [0, 0.05) is 44.3 Å². The molecule has 0 aliphatic carbocycles. The van der Waals surface area contributed by atoms with Gasteiger partial charge < -0.3 is 14.5 Å². The van der Waals surface area contributed by atoms with Gasteiger partial charge in [-0.1, -0.05) is 35.9 Å². The van der Waals surface area contributed by atoms with E-state index in [0.717, 1.165) is 0 Å². The molecule has 2 aromatic rings. The minimum absolute atomic E-state index is 0.00488. The van der Waals surface area contributed by atoms with Gasteiger partial charge >= 0.3 is 6.09 Å². The molecule has 2 aromatic carbocycles. The van der Waals surface area contributed by atoms with E-state index < -0.39 is 23.4 Å². The van der Waals surface area contributed by atoms with E-state index in [0.29, 0.717) is 13.1 Å². The molecule has 218 valence electrons. The number of hydrazine groups is 1. The van der Waals surface area contributed by atoms with Gasteiger partial charge in [-0.05, 0) is 63.9 Å². The zero-order chi connectivity index (χ0) is 29.6. The Hall–Kier alpha value is -3.21. The Morgan fingerprint density at radius 3 is 2.20 bits per heavy atom. The van der Waals surface area contributed by atoms with E-state index in [4.69, 9.17) is 16.3 Å². The summed E-state index contributed by atoms with van der Waals surface area (Å²) in [6.07, 6.45) is -0.530. The number of nitrogens with zero attached hydrogens (tertiary/aromatic N) is 4. The first-order chi connectivity index (χ1) is 18.8. The van der Waals surface area contributed by atoms with Crippen molar-refractivity contribution in [2.45, 2.75) is 59.4 Å². The van der Waals surface area contributed by atoms with Crippen LogP contribution in [0.25, 0.3) is 0 Å². The molecule has 0 spiro atoms. The quantitative estimate of drug-likeness (QED) is 0.451. The summed E-state index contributed by atoms with van der Waals surface area (Å²) in [7, 11) is 1.70. The molecule has 9 nitrogen and oxygen atoms in total. The van der Waals surface area contributed by atoms with Crippen LogP contribution in [0.5, 0.6) is 0 Å². The molecule has 0 unspecified atom stereocenters. The largest absolute Gasteiger partial charge is 0.444 e. The lowest BCUT2D eigenvalue weighted by molar-refractivity contribution is -0.145. The molecule has 40 heavy (non-hydrogen) atoms. The molecule has 1 heterocycles. The minimum Gasteiger partial charge on any atom is -0.444 e. The van der Waals surface area contributed by atoms with Gasteiger partial charge in [-0.2, -0.15) is 0 Å². The Kier molecular flexibility index (Phi) is 10.5. The van der Waals surface area contributed by atoms with Crippen LogP contribution in [0.15, 0.2) is 42.5 Å². The van der Waals surface area contributed by atoms with Gasteiger partial charge in [0.25, 0.3) is 5.91 Å². The van der Waals surface area contributed by atoms with Crippen molar-refractivity contribution in [1.82, 2.24) is 20.2 Å². The highest BCUT2D eigenvalue weighted by atomic mass is 35.5. The smallest absolute Gasteiger partial charge is 0.410 e. The first-order valence-electron chi connectivity index (χ1n) is 13.3. The van der Waals surface area contributed by atoms with E-state index >= 15 is 0 Å². The number of carbonyl (C=O) groups is 3. The van der Waals surface area contributed by atoms with Crippen LogP contribution in [0.2, 0.25) is 5.02 Å². The van der Waals surface area contributed by atoms with Gasteiger partial charge in [-0.15, -0.1) is 0 Å². The average Bonchev–Trinajstić information content (AvgIpc) is 3.30. The predicted molar refractivity (Wildman–Crippen MR) is 153 cm³/mol. The fourth-order valence-electron chi connectivity index (χ4n) is 4.33. The number of nitrogens with one attached hydrogen (secondary N) is 1. The molecular formula is C29H39ClFN5O4. The van der Waals surface area contributed by atoms with Crippen LogP contribution in [-0.2, 0) is 27.4 Å². The van der Waals surface area contributed by atoms with Crippen LogP contribution in [0.3, 0.4) is 0 Å². The van der Waals surface area contributed by atoms with Gasteiger partial charge in [0.2, 0.25) is 5.91 Å². The highest BCUT2D eigenvalue weighted by molar-refractivity contribution is 6.31. The Morgan fingerprint density at radius 1 is 1.02 bits per heavy atom. The number of hydrogen-bond donors (Lipinski definition) is 1. The van der Waals surface area contributed by atoms with E-state index in [1.165, 1.54) is 39.1 Å². The highest BCUT2D eigenvalue weighted by Gasteiger charge is 2.28. The summed E-state index contributed by atoms with van der Waals surface area (Å²) < 4.78 is 20.3. The number of likely N-dealkylation sites (N-methyl/N-ethyl adjacent to an activating group) is 1. The molecule has 1 aliphatic rings. The van der Waals surface area contributed by atoms with Gasteiger partial charge in [-0.3, -0.25) is 19.9 Å². The molecule has 0 aromatic heterocycles. The number of hydrogen-bond acceptors (Lipinski definition) is 6. The second-order valence-electron chi connectivity index (χ2n) is 11.0. The summed E-state index contributed by atoms with van der Waals surface area (Å²) in [4.78, 5) is 41.7. The zero-order valence-electron chi connectivity index (χ0n) is 24.0. The standard InChI is InChI=1S/C29H39ClFN5O4/c1-20(2)35(28(39)40-29(3,4)5)13-14-36(25-15-23(30)11-12-24(25)31)27(38)17-32-16-26(37)33(6)34-18-21-9-7-8-10-22(21)19-34/h7-12,15,20,32H,13-14,16-19H2,1-6H3. The second-order valence-corrected chi connectivity index (χ2v) is 11.5. The minimum atomic E-state index is -0.694. The van der Waals surface area contributed by atoms with E-state index in [2.05, 4.69) is 5.32 Å².